The van der Waals surface area contributed by atoms with E-state index in [0.29, 0.717) is 0 Å². The molecule has 2 rings (SSSR count). The number of hydrogen-bond donors (Lipinski definition) is 2. The van der Waals surface area contributed by atoms with Gasteiger partial charge in [0.05, 0.1) is 17.1 Å². The maximum absolute atomic E-state index is 5.92. The molecule has 2 N–H and O–H groups in total. The molecule has 0 spiro atoms. The highest BCUT2D eigenvalue weighted by Crippen LogP contribution is 2.18. The van der Waals surface area contributed by atoms with Crippen LogP contribution in [0.5, 0.6) is 0 Å². The molecule has 0 saturated carbocycles. The van der Waals surface area contributed by atoms with E-state index in [4.69, 9.17) is 11.6 Å². The van der Waals surface area contributed by atoms with Crippen molar-refractivity contribution in [1.82, 2.24) is 10.2 Å². The quantitative estimate of drug-likeness (QED) is 0.857. The van der Waals surface area contributed by atoms with Gasteiger partial charge in [-0.15, -0.1) is 0 Å². The minimum atomic E-state index is 0.752. The summed E-state index contributed by atoms with van der Waals surface area (Å²) in [6.07, 6.45) is 0. The number of nitrogens with zero attached hydrogens (tertiary/aromatic N) is 1. The average Bonchev–Trinajstić information content (AvgIpc) is 2.56. The molecule has 0 aliphatic rings. The fraction of sp³-hybridized carbons (Fsp3) is 0.250. The van der Waals surface area contributed by atoms with Crippen LogP contribution in [0.25, 0.3) is 0 Å². The van der Waals surface area contributed by atoms with Crippen molar-refractivity contribution in [2.45, 2.75) is 20.4 Å². The Hall–Kier alpha value is -1.48. The highest BCUT2D eigenvalue weighted by Gasteiger charge is 2.05. The van der Waals surface area contributed by atoms with Crippen molar-refractivity contribution >= 4 is 17.3 Å². The lowest BCUT2D eigenvalue weighted by Crippen LogP contribution is -2.00. The van der Waals surface area contributed by atoms with Gasteiger partial charge in [0.2, 0.25) is 0 Å². The Labute approximate surface area is 99.8 Å². The molecule has 0 radical (unpaired) electrons. The SMILES string of the molecule is Cc1n[nH]c(C)c1NCc1cccc(Cl)c1. The molecule has 0 fully saturated rings. The Morgan fingerprint density at radius 2 is 2.19 bits per heavy atom. The van der Waals surface area contributed by atoms with Gasteiger partial charge >= 0.3 is 0 Å². The van der Waals surface area contributed by atoms with Crippen LogP contribution >= 0.6 is 11.6 Å². The molecule has 0 aliphatic heterocycles. The monoisotopic (exact) mass is 235 g/mol. The third-order valence-electron chi connectivity index (χ3n) is 2.49. The van der Waals surface area contributed by atoms with Crippen molar-refractivity contribution in [3.05, 3.63) is 46.2 Å². The number of aryl methyl sites for hydroxylation is 2. The fourth-order valence-electron chi connectivity index (χ4n) is 1.65. The second-order valence-electron chi connectivity index (χ2n) is 3.79. The Bertz CT molecular complexity index is 471. The predicted octanol–water partition coefficient (Wildman–Crippen LogP) is 3.29. The number of benzene rings is 1. The third-order valence-corrected chi connectivity index (χ3v) is 2.72. The van der Waals surface area contributed by atoms with Gasteiger partial charge < -0.3 is 5.32 Å². The minimum Gasteiger partial charge on any atom is -0.378 e. The molecule has 1 aromatic carbocycles. The summed E-state index contributed by atoms with van der Waals surface area (Å²) in [5.74, 6) is 0. The number of rotatable bonds is 3. The molecule has 0 unspecified atom stereocenters. The largest absolute Gasteiger partial charge is 0.378 e. The van der Waals surface area contributed by atoms with Crippen LogP contribution in [-0.2, 0) is 6.54 Å². The number of anilines is 1. The van der Waals surface area contributed by atoms with E-state index in [1.165, 1.54) is 0 Å². The molecule has 0 atom stereocenters. The topological polar surface area (TPSA) is 40.7 Å². The van der Waals surface area contributed by atoms with Gasteiger partial charge in [0.15, 0.2) is 0 Å². The number of hydrogen-bond acceptors (Lipinski definition) is 2. The lowest BCUT2D eigenvalue weighted by Gasteiger charge is -2.06. The summed E-state index contributed by atoms with van der Waals surface area (Å²) >= 11 is 5.92. The molecule has 3 nitrogen and oxygen atoms in total. The maximum atomic E-state index is 5.92. The lowest BCUT2D eigenvalue weighted by atomic mass is 10.2. The van der Waals surface area contributed by atoms with Crippen LogP contribution in [0.1, 0.15) is 17.0 Å². The molecular formula is C12H14ClN3. The van der Waals surface area contributed by atoms with E-state index < -0.39 is 0 Å². The van der Waals surface area contributed by atoms with E-state index in [-0.39, 0.29) is 0 Å². The van der Waals surface area contributed by atoms with Crippen LogP contribution in [0.15, 0.2) is 24.3 Å². The summed E-state index contributed by atoms with van der Waals surface area (Å²) in [7, 11) is 0. The van der Waals surface area contributed by atoms with Gasteiger partial charge in [-0.25, -0.2) is 0 Å². The molecule has 0 aliphatic carbocycles. The minimum absolute atomic E-state index is 0.752. The standard InChI is InChI=1S/C12H14ClN3/c1-8-12(9(2)16-15-8)14-7-10-4-3-5-11(13)6-10/h3-6,14H,7H2,1-2H3,(H,15,16). The Morgan fingerprint density at radius 3 is 2.81 bits per heavy atom. The molecule has 4 heteroatoms. The zero-order chi connectivity index (χ0) is 11.5. The zero-order valence-electron chi connectivity index (χ0n) is 9.34. The van der Waals surface area contributed by atoms with Crippen molar-refractivity contribution in [2.75, 3.05) is 5.32 Å². The van der Waals surface area contributed by atoms with Crippen molar-refractivity contribution in [1.29, 1.82) is 0 Å². The van der Waals surface area contributed by atoms with Gasteiger partial charge in [-0.2, -0.15) is 5.10 Å². The summed E-state index contributed by atoms with van der Waals surface area (Å²) in [6, 6.07) is 7.83. The highest BCUT2D eigenvalue weighted by molar-refractivity contribution is 6.30. The molecule has 0 bridgehead atoms. The van der Waals surface area contributed by atoms with Crippen molar-refractivity contribution in [2.24, 2.45) is 0 Å². The first-order valence-corrected chi connectivity index (χ1v) is 5.54. The lowest BCUT2D eigenvalue weighted by molar-refractivity contribution is 1.02. The van der Waals surface area contributed by atoms with Gasteiger partial charge in [0, 0.05) is 11.6 Å². The Kier molecular flexibility index (Phi) is 3.15. The second-order valence-corrected chi connectivity index (χ2v) is 4.23. The number of aromatic amines is 1. The normalized spacial score (nSPS) is 10.4. The molecule has 84 valence electrons. The van der Waals surface area contributed by atoms with E-state index in [1.54, 1.807) is 0 Å². The molecule has 0 saturated heterocycles. The molecule has 2 aromatic rings. The first kappa shape index (κ1) is 11.0. The van der Waals surface area contributed by atoms with E-state index in [2.05, 4.69) is 15.5 Å². The number of nitrogens with one attached hydrogen (secondary N) is 2. The van der Waals surface area contributed by atoms with Crippen LogP contribution in [-0.4, -0.2) is 10.2 Å². The first-order chi connectivity index (χ1) is 7.66. The summed E-state index contributed by atoms with van der Waals surface area (Å²) in [6.45, 7) is 4.73. The van der Waals surface area contributed by atoms with Crippen LogP contribution in [0.3, 0.4) is 0 Å². The third kappa shape index (κ3) is 2.36. The molecule has 0 amide bonds. The predicted molar refractivity (Wildman–Crippen MR) is 66.8 cm³/mol. The summed E-state index contributed by atoms with van der Waals surface area (Å²) in [5, 5.41) is 11.2. The van der Waals surface area contributed by atoms with E-state index in [1.807, 2.05) is 38.1 Å². The number of halogens is 1. The van der Waals surface area contributed by atoms with Gasteiger partial charge in [-0.1, -0.05) is 23.7 Å². The van der Waals surface area contributed by atoms with Gasteiger partial charge in [-0.05, 0) is 31.5 Å². The number of H-pyrrole nitrogens is 1. The van der Waals surface area contributed by atoms with Gasteiger partial charge in [0.1, 0.15) is 0 Å². The maximum Gasteiger partial charge on any atom is 0.0825 e. The summed E-state index contributed by atoms with van der Waals surface area (Å²) in [5.41, 5.74) is 4.27. The fourth-order valence-corrected chi connectivity index (χ4v) is 1.86. The number of aromatic nitrogens is 2. The van der Waals surface area contributed by atoms with E-state index >= 15 is 0 Å². The van der Waals surface area contributed by atoms with Crippen LogP contribution < -0.4 is 5.32 Å². The molecule has 1 heterocycles. The highest BCUT2D eigenvalue weighted by atomic mass is 35.5. The van der Waals surface area contributed by atoms with Crippen molar-refractivity contribution in [3.8, 4) is 0 Å². The molecule has 16 heavy (non-hydrogen) atoms. The Morgan fingerprint density at radius 1 is 1.38 bits per heavy atom. The van der Waals surface area contributed by atoms with Crippen molar-refractivity contribution in [3.63, 3.8) is 0 Å². The zero-order valence-corrected chi connectivity index (χ0v) is 10.1. The smallest absolute Gasteiger partial charge is 0.0825 e. The molecular weight excluding hydrogens is 222 g/mol. The summed E-state index contributed by atoms with van der Waals surface area (Å²) < 4.78 is 0. The Balaban J connectivity index is 2.08. The van der Waals surface area contributed by atoms with Crippen LogP contribution in [0.4, 0.5) is 5.69 Å². The van der Waals surface area contributed by atoms with Crippen LogP contribution in [0.2, 0.25) is 5.02 Å². The average molecular weight is 236 g/mol. The first-order valence-electron chi connectivity index (χ1n) is 5.16. The second kappa shape index (κ2) is 4.58. The molecule has 1 aromatic heterocycles. The van der Waals surface area contributed by atoms with Gasteiger partial charge in [0.25, 0.3) is 0 Å². The van der Waals surface area contributed by atoms with Crippen LogP contribution in [0, 0.1) is 13.8 Å². The van der Waals surface area contributed by atoms with Gasteiger partial charge in [-0.3, -0.25) is 5.10 Å². The van der Waals surface area contributed by atoms with Crippen molar-refractivity contribution < 1.29 is 0 Å². The summed E-state index contributed by atoms with van der Waals surface area (Å²) in [4.78, 5) is 0. The van der Waals surface area contributed by atoms with E-state index in [0.717, 1.165) is 34.2 Å². The van der Waals surface area contributed by atoms with E-state index in [9.17, 15) is 0 Å².